The molecule has 25 heavy (non-hydrogen) atoms. The Morgan fingerprint density at radius 2 is 1.64 bits per heavy atom. The Bertz CT molecular complexity index is 800. The molecule has 2 rings (SSSR count). The summed E-state index contributed by atoms with van der Waals surface area (Å²) in [5.41, 5.74) is 1.95. The molecule has 0 saturated heterocycles. The predicted octanol–water partition coefficient (Wildman–Crippen LogP) is 3.20. The molecular weight excluding hydrogens is 322 g/mol. The number of nitrogens with one attached hydrogen (secondary N) is 1. The molecule has 0 aliphatic rings. The van der Waals surface area contributed by atoms with Crippen LogP contribution < -0.4 is 14.8 Å². The van der Waals surface area contributed by atoms with Gasteiger partial charge in [0, 0.05) is 5.56 Å². The lowest BCUT2D eigenvalue weighted by Crippen LogP contribution is -2.27. The van der Waals surface area contributed by atoms with Gasteiger partial charge in [-0.15, -0.1) is 0 Å². The minimum absolute atomic E-state index is 0.0870. The number of carboxylic acid groups (broad SMARTS) is 1. The number of aryl methyl sites for hydroxylation is 1. The van der Waals surface area contributed by atoms with Gasteiger partial charge in [0.25, 0.3) is 5.91 Å². The topological polar surface area (TPSA) is 84.9 Å². The molecule has 0 radical (unpaired) electrons. The van der Waals surface area contributed by atoms with Gasteiger partial charge in [-0.2, -0.15) is 0 Å². The van der Waals surface area contributed by atoms with E-state index in [0.29, 0.717) is 22.6 Å². The molecule has 2 N–H and O–H groups in total. The normalized spacial score (nSPS) is 11.5. The molecule has 132 valence electrons. The molecule has 6 heteroatoms. The van der Waals surface area contributed by atoms with Crippen LogP contribution in [0.3, 0.4) is 0 Å². The highest BCUT2D eigenvalue weighted by Gasteiger charge is 2.16. The summed E-state index contributed by atoms with van der Waals surface area (Å²) >= 11 is 0. The van der Waals surface area contributed by atoms with E-state index in [1.54, 1.807) is 39.3 Å². The number of aromatic carboxylic acids is 1. The van der Waals surface area contributed by atoms with Crippen molar-refractivity contribution >= 4 is 11.9 Å². The van der Waals surface area contributed by atoms with Gasteiger partial charge in [0.2, 0.25) is 0 Å². The van der Waals surface area contributed by atoms with Crippen LogP contribution in [-0.4, -0.2) is 31.2 Å². The Morgan fingerprint density at radius 1 is 1.00 bits per heavy atom. The molecule has 2 aromatic carbocycles. The molecule has 1 unspecified atom stereocenters. The summed E-state index contributed by atoms with van der Waals surface area (Å²) in [6.07, 6.45) is 0. The van der Waals surface area contributed by atoms with Crippen LogP contribution in [0.1, 0.15) is 44.8 Å². The average molecular weight is 343 g/mol. The SMILES string of the molecule is COc1ccc(C(C)NC(=O)c2cc(C)cc(C(=O)O)c2)cc1OC. The number of methoxy groups -OCH3 is 2. The number of hydrogen-bond donors (Lipinski definition) is 2. The van der Waals surface area contributed by atoms with Crippen LogP contribution >= 0.6 is 0 Å². The number of carbonyl (C=O) groups is 2. The minimum atomic E-state index is -1.06. The molecule has 6 nitrogen and oxygen atoms in total. The van der Waals surface area contributed by atoms with Crippen LogP contribution in [0.5, 0.6) is 11.5 Å². The lowest BCUT2D eigenvalue weighted by Gasteiger charge is -2.17. The number of carbonyl (C=O) groups excluding carboxylic acids is 1. The minimum Gasteiger partial charge on any atom is -0.493 e. The van der Waals surface area contributed by atoms with E-state index in [0.717, 1.165) is 5.56 Å². The molecule has 0 aliphatic heterocycles. The summed E-state index contributed by atoms with van der Waals surface area (Å²) < 4.78 is 10.5. The van der Waals surface area contributed by atoms with E-state index >= 15 is 0 Å². The number of carboxylic acids is 1. The van der Waals surface area contributed by atoms with Gasteiger partial charge in [-0.05, 0) is 55.3 Å². The zero-order valence-electron chi connectivity index (χ0n) is 14.6. The molecule has 0 saturated carbocycles. The van der Waals surface area contributed by atoms with Gasteiger partial charge in [-0.25, -0.2) is 4.79 Å². The molecule has 0 fully saturated rings. The molecule has 0 heterocycles. The van der Waals surface area contributed by atoms with Crippen molar-refractivity contribution in [3.63, 3.8) is 0 Å². The van der Waals surface area contributed by atoms with Crippen LogP contribution in [0.15, 0.2) is 36.4 Å². The highest BCUT2D eigenvalue weighted by Crippen LogP contribution is 2.30. The number of ether oxygens (including phenoxy) is 2. The first-order valence-corrected chi connectivity index (χ1v) is 7.73. The molecule has 0 aliphatic carbocycles. The number of hydrogen-bond acceptors (Lipinski definition) is 4. The van der Waals surface area contributed by atoms with Gasteiger partial charge in [-0.1, -0.05) is 6.07 Å². The van der Waals surface area contributed by atoms with E-state index in [1.165, 1.54) is 12.1 Å². The Balaban J connectivity index is 2.21. The first-order chi connectivity index (χ1) is 11.8. The van der Waals surface area contributed by atoms with Crippen LogP contribution in [0.25, 0.3) is 0 Å². The summed E-state index contributed by atoms with van der Waals surface area (Å²) in [7, 11) is 3.10. The highest BCUT2D eigenvalue weighted by atomic mass is 16.5. The van der Waals surface area contributed by atoms with Gasteiger partial charge in [0.1, 0.15) is 0 Å². The summed E-state index contributed by atoms with van der Waals surface area (Å²) in [4.78, 5) is 23.6. The molecule has 0 bridgehead atoms. The largest absolute Gasteiger partial charge is 0.493 e. The van der Waals surface area contributed by atoms with E-state index in [4.69, 9.17) is 14.6 Å². The fraction of sp³-hybridized carbons (Fsp3) is 0.263. The first kappa shape index (κ1) is 18.3. The van der Waals surface area contributed by atoms with Crippen molar-refractivity contribution in [2.45, 2.75) is 19.9 Å². The third-order valence-electron chi connectivity index (χ3n) is 3.84. The number of rotatable bonds is 6. The van der Waals surface area contributed by atoms with E-state index in [1.807, 2.05) is 13.0 Å². The van der Waals surface area contributed by atoms with Crippen molar-refractivity contribution < 1.29 is 24.2 Å². The van der Waals surface area contributed by atoms with Gasteiger partial charge in [0.05, 0.1) is 25.8 Å². The van der Waals surface area contributed by atoms with Crippen molar-refractivity contribution in [1.82, 2.24) is 5.32 Å². The van der Waals surface area contributed by atoms with Gasteiger partial charge >= 0.3 is 5.97 Å². The smallest absolute Gasteiger partial charge is 0.335 e. The van der Waals surface area contributed by atoms with Crippen molar-refractivity contribution in [2.24, 2.45) is 0 Å². The fourth-order valence-electron chi connectivity index (χ4n) is 2.52. The summed E-state index contributed by atoms with van der Waals surface area (Å²) in [6, 6.07) is 9.66. The van der Waals surface area contributed by atoms with Crippen molar-refractivity contribution in [3.8, 4) is 11.5 Å². The lowest BCUT2D eigenvalue weighted by atomic mass is 10.0. The summed E-state index contributed by atoms with van der Waals surface area (Å²) in [5, 5.41) is 12.0. The molecule has 1 amide bonds. The van der Waals surface area contributed by atoms with Crippen LogP contribution in [0.2, 0.25) is 0 Å². The maximum Gasteiger partial charge on any atom is 0.335 e. The fourth-order valence-corrected chi connectivity index (χ4v) is 2.52. The van der Waals surface area contributed by atoms with E-state index < -0.39 is 5.97 Å². The average Bonchev–Trinajstić information content (AvgIpc) is 2.60. The van der Waals surface area contributed by atoms with E-state index in [9.17, 15) is 9.59 Å². The van der Waals surface area contributed by atoms with Gasteiger partial charge < -0.3 is 19.9 Å². The van der Waals surface area contributed by atoms with Crippen LogP contribution in [0, 0.1) is 6.92 Å². The van der Waals surface area contributed by atoms with Crippen LogP contribution in [0.4, 0.5) is 0 Å². The third-order valence-corrected chi connectivity index (χ3v) is 3.84. The van der Waals surface area contributed by atoms with Crippen molar-refractivity contribution in [3.05, 3.63) is 58.7 Å². The third kappa shape index (κ3) is 4.29. The van der Waals surface area contributed by atoms with Gasteiger partial charge in [0.15, 0.2) is 11.5 Å². The second-order valence-electron chi connectivity index (χ2n) is 5.70. The number of amides is 1. The zero-order chi connectivity index (χ0) is 18.6. The molecule has 0 spiro atoms. The molecular formula is C19H21NO5. The van der Waals surface area contributed by atoms with Crippen LogP contribution in [-0.2, 0) is 0 Å². The van der Waals surface area contributed by atoms with E-state index in [2.05, 4.69) is 5.32 Å². The Hall–Kier alpha value is -3.02. The maximum absolute atomic E-state index is 12.5. The molecule has 2 aromatic rings. The molecule has 1 atom stereocenters. The Labute approximate surface area is 146 Å². The highest BCUT2D eigenvalue weighted by molar-refractivity contribution is 5.98. The second kappa shape index (κ2) is 7.70. The number of benzene rings is 2. The van der Waals surface area contributed by atoms with E-state index in [-0.39, 0.29) is 17.5 Å². The monoisotopic (exact) mass is 343 g/mol. The van der Waals surface area contributed by atoms with Crippen molar-refractivity contribution in [1.29, 1.82) is 0 Å². The zero-order valence-corrected chi connectivity index (χ0v) is 14.6. The molecule has 0 aromatic heterocycles. The summed E-state index contributed by atoms with van der Waals surface area (Å²) in [5.74, 6) is -0.224. The summed E-state index contributed by atoms with van der Waals surface area (Å²) in [6.45, 7) is 3.59. The van der Waals surface area contributed by atoms with Gasteiger partial charge in [-0.3, -0.25) is 4.79 Å². The predicted molar refractivity (Wildman–Crippen MR) is 93.6 cm³/mol. The quantitative estimate of drug-likeness (QED) is 0.841. The second-order valence-corrected chi connectivity index (χ2v) is 5.70. The maximum atomic E-state index is 12.5. The van der Waals surface area contributed by atoms with Crippen molar-refractivity contribution in [2.75, 3.05) is 14.2 Å². The standard InChI is InChI=1S/C19H21NO5/c1-11-7-14(9-15(8-11)19(22)23)18(21)20-12(2)13-5-6-16(24-3)17(10-13)25-4/h5-10,12H,1-4H3,(H,20,21)(H,22,23). The first-order valence-electron chi connectivity index (χ1n) is 7.73. The Kier molecular flexibility index (Phi) is 5.64. The Morgan fingerprint density at radius 3 is 2.24 bits per heavy atom. The lowest BCUT2D eigenvalue weighted by molar-refractivity contribution is 0.0696.